The predicted molar refractivity (Wildman–Crippen MR) is 128 cm³/mol. The molecule has 11 heteroatoms. The Kier molecular flexibility index (Phi) is 6.99. The van der Waals surface area contributed by atoms with Gasteiger partial charge in [0.2, 0.25) is 11.7 Å². The normalized spacial score (nSPS) is 17.8. The van der Waals surface area contributed by atoms with Crippen molar-refractivity contribution in [3.8, 4) is 17.4 Å². The van der Waals surface area contributed by atoms with Gasteiger partial charge in [-0.2, -0.15) is 4.39 Å². The largest absolute Gasteiger partial charge is 0.490 e. The van der Waals surface area contributed by atoms with E-state index < -0.39 is 11.6 Å². The number of nitrogens with zero attached hydrogens (tertiary/aromatic N) is 6. The molecule has 36 heavy (non-hydrogen) atoms. The molecule has 0 spiro atoms. The molecule has 0 aliphatic carbocycles. The summed E-state index contributed by atoms with van der Waals surface area (Å²) in [7, 11) is 0. The Morgan fingerprint density at radius 1 is 1.14 bits per heavy atom. The van der Waals surface area contributed by atoms with Crippen molar-refractivity contribution in [2.75, 3.05) is 44.2 Å². The summed E-state index contributed by atoms with van der Waals surface area (Å²) in [5.41, 5.74) is 2.32. The van der Waals surface area contributed by atoms with Gasteiger partial charge >= 0.3 is 0 Å². The molecule has 3 aromatic rings. The molecule has 1 fully saturated rings. The average molecular weight is 496 g/mol. The van der Waals surface area contributed by atoms with E-state index in [0.29, 0.717) is 56.4 Å². The second kappa shape index (κ2) is 10.5. The Morgan fingerprint density at radius 3 is 2.78 bits per heavy atom. The van der Waals surface area contributed by atoms with Crippen molar-refractivity contribution in [2.24, 2.45) is 0 Å². The van der Waals surface area contributed by atoms with Crippen LogP contribution < -0.4 is 15.0 Å². The molecule has 5 rings (SSSR count). The second-order valence-electron chi connectivity index (χ2n) is 8.79. The van der Waals surface area contributed by atoms with Crippen LogP contribution in [0.25, 0.3) is 11.6 Å². The summed E-state index contributed by atoms with van der Waals surface area (Å²) in [4.78, 5) is 33.1. The molecule has 0 bridgehead atoms. The molecule has 1 atom stereocenters. The zero-order chi connectivity index (χ0) is 25.1. The SMILES string of the molecule is CC1c2cnc(-c3ncccn3)nc2CCN1c1cc(F)c(F)c(OCCCN2CCNCC2=O)c1. The van der Waals surface area contributed by atoms with Crippen molar-refractivity contribution in [3.63, 3.8) is 0 Å². The fourth-order valence-electron chi connectivity index (χ4n) is 4.58. The number of piperazine rings is 1. The fraction of sp³-hybridized carbons (Fsp3) is 0.400. The number of hydrogen-bond acceptors (Lipinski definition) is 8. The van der Waals surface area contributed by atoms with Crippen LogP contribution in [0, 0.1) is 11.6 Å². The number of rotatable bonds is 7. The smallest absolute Gasteiger partial charge is 0.236 e. The average Bonchev–Trinajstić information content (AvgIpc) is 2.90. The van der Waals surface area contributed by atoms with Crippen LogP contribution in [0.2, 0.25) is 0 Å². The first-order valence-electron chi connectivity index (χ1n) is 12.0. The molecular weight excluding hydrogens is 468 g/mol. The number of aromatic nitrogens is 4. The van der Waals surface area contributed by atoms with Crippen LogP contribution in [0.4, 0.5) is 14.5 Å². The molecule has 0 radical (unpaired) electrons. The number of amides is 1. The van der Waals surface area contributed by atoms with Gasteiger partial charge in [-0.1, -0.05) is 0 Å². The topological polar surface area (TPSA) is 96.4 Å². The number of hydrogen-bond donors (Lipinski definition) is 1. The van der Waals surface area contributed by atoms with Gasteiger partial charge in [0.15, 0.2) is 23.2 Å². The third kappa shape index (κ3) is 4.97. The molecule has 9 nitrogen and oxygen atoms in total. The van der Waals surface area contributed by atoms with E-state index >= 15 is 0 Å². The molecule has 188 valence electrons. The van der Waals surface area contributed by atoms with Crippen LogP contribution in [0.5, 0.6) is 5.75 Å². The molecule has 2 aromatic heterocycles. The molecule has 2 aliphatic rings. The standard InChI is InChI=1S/C25H27F2N7O2/c1-16-18-14-31-25(24-29-5-2-6-30-24)32-20(18)4-9-34(16)17-12-19(26)23(27)21(13-17)36-11-3-8-33-10-7-28-15-22(33)35/h2,5-6,12-14,16,28H,3-4,7-11,15H2,1H3. The van der Waals surface area contributed by atoms with Crippen molar-refractivity contribution in [1.82, 2.24) is 30.2 Å². The van der Waals surface area contributed by atoms with E-state index in [4.69, 9.17) is 4.74 Å². The zero-order valence-electron chi connectivity index (χ0n) is 20.0. The quantitative estimate of drug-likeness (QED) is 0.500. The van der Waals surface area contributed by atoms with E-state index in [1.165, 1.54) is 12.1 Å². The monoisotopic (exact) mass is 495 g/mol. The summed E-state index contributed by atoms with van der Waals surface area (Å²) in [5, 5.41) is 3.02. The van der Waals surface area contributed by atoms with Crippen LogP contribution in [-0.2, 0) is 11.2 Å². The first-order valence-corrected chi connectivity index (χ1v) is 12.0. The predicted octanol–water partition coefficient (Wildman–Crippen LogP) is 2.54. The van der Waals surface area contributed by atoms with Gasteiger partial charge in [0.1, 0.15) is 0 Å². The summed E-state index contributed by atoms with van der Waals surface area (Å²) in [6.07, 6.45) is 6.16. The van der Waals surface area contributed by atoms with E-state index in [9.17, 15) is 13.6 Å². The van der Waals surface area contributed by atoms with Crippen LogP contribution in [0.15, 0.2) is 36.8 Å². The minimum atomic E-state index is -1.02. The van der Waals surface area contributed by atoms with Gasteiger partial charge in [-0.05, 0) is 19.4 Å². The highest BCUT2D eigenvalue weighted by molar-refractivity contribution is 5.78. The second-order valence-corrected chi connectivity index (χ2v) is 8.79. The summed E-state index contributed by atoms with van der Waals surface area (Å²) >= 11 is 0. The van der Waals surface area contributed by atoms with Crippen molar-refractivity contribution in [3.05, 3.63) is 59.7 Å². The number of halogens is 2. The number of carbonyl (C=O) groups is 1. The lowest BCUT2D eigenvalue weighted by atomic mass is 9.98. The number of carbonyl (C=O) groups excluding carboxylic acids is 1. The summed E-state index contributed by atoms with van der Waals surface area (Å²) in [6.45, 7) is 4.94. The first kappa shape index (κ1) is 24.0. The summed E-state index contributed by atoms with van der Waals surface area (Å²) < 4.78 is 34.7. The third-order valence-corrected chi connectivity index (χ3v) is 6.50. The molecule has 1 unspecified atom stereocenters. The van der Waals surface area contributed by atoms with Crippen LogP contribution in [-0.4, -0.2) is 70.1 Å². The highest BCUT2D eigenvalue weighted by atomic mass is 19.2. The van der Waals surface area contributed by atoms with Crippen LogP contribution >= 0.6 is 0 Å². The van der Waals surface area contributed by atoms with E-state index in [1.54, 1.807) is 29.6 Å². The minimum absolute atomic E-state index is 0.0345. The van der Waals surface area contributed by atoms with E-state index in [0.717, 1.165) is 17.8 Å². The lowest BCUT2D eigenvalue weighted by Gasteiger charge is -2.36. The Balaban J connectivity index is 1.28. The maximum Gasteiger partial charge on any atom is 0.236 e. The van der Waals surface area contributed by atoms with Gasteiger partial charge in [0, 0.05) is 74.6 Å². The van der Waals surface area contributed by atoms with Gasteiger partial charge in [0.05, 0.1) is 24.9 Å². The fourth-order valence-corrected chi connectivity index (χ4v) is 4.58. The van der Waals surface area contributed by atoms with Crippen molar-refractivity contribution in [2.45, 2.75) is 25.8 Å². The lowest BCUT2D eigenvalue weighted by molar-refractivity contribution is -0.132. The Labute approximate surface area is 207 Å². The highest BCUT2D eigenvalue weighted by Crippen LogP contribution is 2.36. The van der Waals surface area contributed by atoms with Gasteiger partial charge in [-0.15, -0.1) is 0 Å². The van der Waals surface area contributed by atoms with Gasteiger partial charge in [-0.25, -0.2) is 24.3 Å². The molecule has 1 aromatic carbocycles. The van der Waals surface area contributed by atoms with E-state index in [1.807, 2.05) is 11.8 Å². The number of anilines is 1. The molecule has 0 saturated carbocycles. The zero-order valence-corrected chi connectivity index (χ0v) is 20.0. The van der Waals surface area contributed by atoms with Crippen molar-refractivity contribution in [1.29, 1.82) is 0 Å². The van der Waals surface area contributed by atoms with Crippen molar-refractivity contribution < 1.29 is 18.3 Å². The number of benzene rings is 1. The number of nitrogens with one attached hydrogen (secondary N) is 1. The van der Waals surface area contributed by atoms with E-state index in [2.05, 4.69) is 25.3 Å². The Morgan fingerprint density at radius 2 is 1.97 bits per heavy atom. The molecule has 1 N–H and O–H groups in total. The number of ether oxygens (including phenoxy) is 1. The van der Waals surface area contributed by atoms with Gasteiger partial charge in [-0.3, -0.25) is 4.79 Å². The van der Waals surface area contributed by atoms with Crippen LogP contribution in [0.1, 0.15) is 30.6 Å². The van der Waals surface area contributed by atoms with Gasteiger partial charge in [0.25, 0.3) is 0 Å². The van der Waals surface area contributed by atoms with Crippen LogP contribution in [0.3, 0.4) is 0 Å². The van der Waals surface area contributed by atoms with E-state index in [-0.39, 0.29) is 24.3 Å². The van der Waals surface area contributed by atoms with Gasteiger partial charge < -0.3 is 19.9 Å². The maximum absolute atomic E-state index is 14.5. The minimum Gasteiger partial charge on any atom is -0.490 e. The maximum atomic E-state index is 14.5. The first-order chi connectivity index (χ1) is 17.5. The Hall–Kier alpha value is -3.73. The lowest BCUT2D eigenvalue weighted by Crippen LogP contribution is -2.48. The third-order valence-electron chi connectivity index (χ3n) is 6.50. The molecule has 4 heterocycles. The molecular formula is C25H27F2N7O2. The summed E-state index contributed by atoms with van der Waals surface area (Å²) in [6, 6.07) is 4.30. The Bertz CT molecular complexity index is 1240. The molecule has 1 saturated heterocycles. The molecule has 2 aliphatic heterocycles. The van der Waals surface area contributed by atoms with Crippen molar-refractivity contribution >= 4 is 11.6 Å². The highest BCUT2D eigenvalue weighted by Gasteiger charge is 2.28. The molecule has 1 amide bonds. The summed E-state index contributed by atoms with van der Waals surface area (Å²) in [5.74, 6) is -1.17. The number of fused-ring (bicyclic) bond motifs is 1.